The SMILES string of the molecule is O=c1ccn(Cc2ccccc2B(O)O)c2ccccc12. The Morgan fingerprint density at radius 1 is 0.952 bits per heavy atom. The lowest BCUT2D eigenvalue weighted by Crippen LogP contribution is -2.33. The number of rotatable bonds is 3. The maximum atomic E-state index is 11.9. The molecule has 0 bridgehead atoms. The van der Waals surface area contributed by atoms with E-state index >= 15 is 0 Å². The van der Waals surface area contributed by atoms with Crippen LogP contribution < -0.4 is 10.9 Å². The van der Waals surface area contributed by atoms with Gasteiger partial charge in [0.15, 0.2) is 5.43 Å². The topological polar surface area (TPSA) is 62.5 Å². The molecule has 0 unspecified atom stereocenters. The first-order valence-electron chi connectivity index (χ1n) is 6.69. The van der Waals surface area contributed by atoms with Gasteiger partial charge in [-0.3, -0.25) is 4.79 Å². The van der Waals surface area contributed by atoms with Gasteiger partial charge in [-0.1, -0.05) is 36.4 Å². The number of hydrogen-bond acceptors (Lipinski definition) is 3. The highest BCUT2D eigenvalue weighted by Crippen LogP contribution is 2.11. The Kier molecular flexibility index (Phi) is 3.60. The molecule has 0 radical (unpaired) electrons. The summed E-state index contributed by atoms with van der Waals surface area (Å²) in [5.74, 6) is 0. The molecule has 5 heteroatoms. The molecule has 104 valence electrons. The molecular weight excluding hydrogens is 265 g/mol. The second-order valence-corrected chi connectivity index (χ2v) is 4.90. The number of hydrogen-bond donors (Lipinski definition) is 2. The van der Waals surface area contributed by atoms with Gasteiger partial charge in [0.2, 0.25) is 0 Å². The molecule has 0 saturated heterocycles. The van der Waals surface area contributed by atoms with Crippen LogP contribution in [0.15, 0.2) is 65.6 Å². The van der Waals surface area contributed by atoms with Crippen LogP contribution in [-0.4, -0.2) is 21.7 Å². The van der Waals surface area contributed by atoms with Crippen LogP contribution in [0.4, 0.5) is 0 Å². The molecule has 2 aromatic carbocycles. The van der Waals surface area contributed by atoms with Crippen molar-refractivity contribution in [3.05, 3.63) is 76.6 Å². The first-order chi connectivity index (χ1) is 10.2. The third-order valence-corrected chi connectivity index (χ3v) is 3.56. The van der Waals surface area contributed by atoms with E-state index in [2.05, 4.69) is 0 Å². The van der Waals surface area contributed by atoms with E-state index < -0.39 is 7.12 Å². The van der Waals surface area contributed by atoms with E-state index in [1.165, 1.54) is 6.07 Å². The zero-order valence-electron chi connectivity index (χ0n) is 11.3. The van der Waals surface area contributed by atoms with Gasteiger partial charge in [0.25, 0.3) is 0 Å². The smallest absolute Gasteiger partial charge is 0.423 e. The molecule has 0 aliphatic carbocycles. The third-order valence-electron chi connectivity index (χ3n) is 3.56. The Morgan fingerprint density at radius 3 is 2.48 bits per heavy atom. The van der Waals surface area contributed by atoms with E-state index in [0.29, 0.717) is 17.4 Å². The molecule has 0 amide bonds. The minimum absolute atomic E-state index is 0.0164. The van der Waals surface area contributed by atoms with Crippen molar-refractivity contribution in [2.75, 3.05) is 0 Å². The summed E-state index contributed by atoms with van der Waals surface area (Å²) >= 11 is 0. The maximum Gasteiger partial charge on any atom is 0.488 e. The number of benzene rings is 2. The maximum absolute atomic E-state index is 11.9. The average molecular weight is 279 g/mol. The number of pyridine rings is 1. The van der Waals surface area contributed by atoms with Crippen LogP contribution >= 0.6 is 0 Å². The molecule has 3 rings (SSSR count). The molecule has 4 nitrogen and oxygen atoms in total. The molecule has 0 atom stereocenters. The van der Waals surface area contributed by atoms with Crippen molar-refractivity contribution in [3.8, 4) is 0 Å². The van der Waals surface area contributed by atoms with Crippen molar-refractivity contribution < 1.29 is 10.0 Å². The monoisotopic (exact) mass is 279 g/mol. The number of fused-ring (bicyclic) bond motifs is 1. The molecule has 0 saturated carbocycles. The van der Waals surface area contributed by atoms with Crippen molar-refractivity contribution in [1.29, 1.82) is 0 Å². The summed E-state index contributed by atoms with van der Waals surface area (Å²) in [6, 6.07) is 16.1. The van der Waals surface area contributed by atoms with E-state index in [1.54, 1.807) is 24.4 Å². The van der Waals surface area contributed by atoms with E-state index in [-0.39, 0.29) is 5.43 Å². The minimum atomic E-state index is -1.51. The molecule has 2 N–H and O–H groups in total. The van der Waals surface area contributed by atoms with Crippen LogP contribution in [0.1, 0.15) is 5.56 Å². The number of para-hydroxylation sites is 1. The third kappa shape index (κ3) is 2.61. The predicted octanol–water partition coefficient (Wildman–Crippen LogP) is 0.730. The van der Waals surface area contributed by atoms with Gasteiger partial charge in [-0.05, 0) is 23.2 Å². The Hall–Kier alpha value is -2.37. The summed E-state index contributed by atoms with van der Waals surface area (Å²) in [7, 11) is -1.51. The van der Waals surface area contributed by atoms with E-state index in [1.807, 2.05) is 34.9 Å². The summed E-state index contributed by atoms with van der Waals surface area (Å²) in [5, 5.41) is 19.5. The van der Waals surface area contributed by atoms with Gasteiger partial charge in [0.05, 0.1) is 5.52 Å². The van der Waals surface area contributed by atoms with Gasteiger partial charge in [0.1, 0.15) is 0 Å². The number of nitrogens with zero attached hydrogens (tertiary/aromatic N) is 1. The van der Waals surface area contributed by atoms with Crippen LogP contribution in [0.25, 0.3) is 10.9 Å². The van der Waals surface area contributed by atoms with Gasteiger partial charge in [0, 0.05) is 24.2 Å². The Bertz CT molecular complexity index is 842. The van der Waals surface area contributed by atoms with Gasteiger partial charge < -0.3 is 14.6 Å². The number of aromatic nitrogens is 1. The normalized spacial score (nSPS) is 10.8. The van der Waals surface area contributed by atoms with Gasteiger partial charge in [-0.15, -0.1) is 0 Å². The van der Waals surface area contributed by atoms with Gasteiger partial charge >= 0.3 is 7.12 Å². The van der Waals surface area contributed by atoms with Crippen LogP contribution in [0, 0.1) is 0 Å². The second kappa shape index (κ2) is 5.56. The highest BCUT2D eigenvalue weighted by molar-refractivity contribution is 6.59. The second-order valence-electron chi connectivity index (χ2n) is 4.90. The van der Waals surface area contributed by atoms with Crippen molar-refractivity contribution in [2.24, 2.45) is 0 Å². The minimum Gasteiger partial charge on any atom is -0.423 e. The summed E-state index contributed by atoms with van der Waals surface area (Å²) < 4.78 is 1.93. The van der Waals surface area contributed by atoms with Crippen molar-refractivity contribution in [3.63, 3.8) is 0 Å². The fourth-order valence-corrected chi connectivity index (χ4v) is 2.51. The van der Waals surface area contributed by atoms with E-state index in [9.17, 15) is 14.8 Å². The van der Waals surface area contributed by atoms with Crippen LogP contribution in [0.5, 0.6) is 0 Å². The molecule has 1 aromatic heterocycles. The highest BCUT2D eigenvalue weighted by atomic mass is 16.4. The lowest BCUT2D eigenvalue weighted by Gasteiger charge is -2.13. The van der Waals surface area contributed by atoms with Crippen LogP contribution in [0.3, 0.4) is 0 Å². The molecule has 1 heterocycles. The van der Waals surface area contributed by atoms with Crippen LogP contribution in [-0.2, 0) is 6.54 Å². The Morgan fingerprint density at radius 2 is 1.67 bits per heavy atom. The molecule has 0 spiro atoms. The van der Waals surface area contributed by atoms with Crippen molar-refractivity contribution in [2.45, 2.75) is 6.54 Å². The molecule has 0 aliphatic heterocycles. The fraction of sp³-hybridized carbons (Fsp3) is 0.0625. The molecule has 0 fully saturated rings. The Labute approximate surface area is 122 Å². The average Bonchev–Trinajstić information content (AvgIpc) is 2.51. The molecule has 3 aromatic rings. The summed E-state index contributed by atoms with van der Waals surface area (Å²) in [5.41, 5.74) is 2.09. The lowest BCUT2D eigenvalue weighted by atomic mass is 9.77. The Balaban J connectivity index is 2.11. The van der Waals surface area contributed by atoms with Gasteiger partial charge in [-0.2, -0.15) is 0 Å². The zero-order valence-corrected chi connectivity index (χ0v) is 11.3. The first-order valence-corrected chi connectivity index (χ1v) is 6.69. The summed E-state index contributed by atoms with van der Waals surface area (Å²) in [6.07, 6.45) is 1.73. The first kappa shape index (κ1) is 13.6. The van der Waals surface area contributed by atoms with Crippen LogP contribution in [0.2, 0.25) is 0 Å². The molecule has 21 heavy (non-hydrogen) atoms. The quantitative estimate of drug-likeness (QED) is 0.695. The van der Waals surface area contributed by atoms with E-state index in [4.69, 9.17) is 0 Å². The standard InChI is InChI=1S/C16H14BNO3/c19-16-9-10-18(15-8-4-2-6-13(15)16)11-12-5-1-3-7-14(12)17(20)21/h1-10,20-21H,11H2. The fourth-order valence-electron chi connectivity index (χ4n) is 2.51. The van der Waals surface area contributed by atoms with Crippen molar-refractivity contribution >= 4 is 23.5 Å². The lowest BCUT2D eigenvalue weighted by molar-refractivity contribution is 0.425. The summed E-state index contributed by atoms with van der Waals surface area (Å²) in [6.45, 7) is 0.467. The molecule has 0 aliphatic rings. The van der Waals surface area contributed by atoms with E-state index in [0.717, 1.165) is 11.1 Å². The predicted molar refractivity (Wildman–Crippen MR) is 83.6 cm³/mol. The molecular formula is C16H14BNO3. The van der Waals surface area contributed by atoms with Gasteiger partial charge in [-0.25, -0.2) is 0 Å². The summed E-state index contributed by atoms with van der Waals surface area (Å²) in [4.78, 5) is 11.9. The van der Waals surface area contributed by atoms with Crippen molar-refractivity contribution in [1.82, 2.24) is 4.57 Å². The highest BCUT2D eigenvalue weighted by Gasteiger charge is 2.15. The zero-order chi connectivity index (χ0) is 14.8. The largest absolute Gasteiger partial charge is 0.488 e.